The number of carboxylic acid groups (broad SMARTS) is 1. The molecule has 0 aliphatic rings. The van der Waals surface area contributed by atoms with Gasteiger partial charge in [0, 0.05) is 13.0 Å². The first-order valence-electron chi connectivity index (χ1n) is 22.8. The van der Waals surface area contributed by atoms with E-state index in [1.165, 1.54) is 89.9 Å². The molecule has 0 heterocycles. The molecule has 0 aliphatic heterocycles. The van der Waals surface area contributed by atoms with Gasteiger partial charge in [-0.1, -0.05) is 184 Å². The van der Waals surface area contributed by atoms with Gasteiger partial charge in [0.15, 0.2) is 0 Å². The SMILES string of the molecule is CC/C=C\C/C=C\C/C=C\C/C=C\C/C=C\CCCCCC(=O)OC(COCCCCCCCCCCCCCCCCCCC)COP(=O)(O)OCC(N)C(=O)O. The molecule has 0 saturated heterocycles. The Bertz CT molecular complexity index is 1150. The number of allylic oxidation sites excluding steroid dienone is 10. The minimum Gasteiger partial charge on any atom is -0.480 e. The fourth-order valence-corrected chi connectivity index (χ4v) is 6.82. The van der Waals surface area contributed by atoms with E-state index in [-0.39, 0.29) is 13.0 Å². The normalized spacial score (nSPS) is 14.4. The maximum Gasteiger partial charge on any atom is 0.472 e. The van der Waals surface area contributed by atoms with Gasteiger partial charge in [0.2, 0.25) is 0 Å². The molecule has 336 valence electrons. The highest BCUT2D eigenvalue weighted by molar-refractivity contribution is 7.47. The third-order valence-corrected chi connectivity index (χ3v) is 10.5. The van der Waals surface area contributed by atoms with Gasteiger partial charge < -0.3 is 25.2 Å². The van der Waals surface area contributed by atoms with Crippen LogP contribution in [0.5, 0.6) is 0 Å². The molecule has 0 fully saturated rings. The Morgan fingerprint density at radius 3 is 1.48 bits per heavy atom. The molecule has 11 heteroatoms. The van der Waals surface area contributed by atoms with Crippen molar-refractivity contribution >= 4 is 19.8 Å². The number of aliphatic carboxylic acids is 1. The molecule has 0 amide bonds. The minimum absolute atomic E-state index is 0.00328. The molecule has 0 bridgehead atoms. The zero-order chi connectivity index (χ0) is 42.6. The fraction of sp³-hybridized carbons (Fsp3) is 0.745. The molecule has 0 spiro atoms. The summed E-state index contributed by atoms with van der Waals surface area (Å²) in [4.78, 5) is 33.6. The number of hydrogen-bond acceptors (Lipinski definition) is 8. The lowest BCUT2D eigenvalue weighted by molar-refractivity contribution is -0.154. The Morgan fingerprint density at radius 2 is 1.00 bits per heavy atom. The summed E-state index contributed by atoms with van der Waals surface area (Å²) >= 11 is 0. The van der Waals surface area contributed by atoms with Crippen molar-refractivity contribution in [3.63, 3.8) is 0 Å². The van der Waals surface area contributed by atoms with E-state index >= 15 is 0 Å². The van der Waals surface area contributed by atoms with Gasteiger partial charge in [-0.3, -0.25) is 18.6 Å². The maximum atomic E-state index is 12.6. The van der Waals surface area contributed by atoms with Crippen LogP contribution in [0.4, 0.5) is 0 Å². The Morgan fingerprint density at radius 1 is 0.569 bits per heavy atom. The van der Waals surface area contributed by atoms with Crippen LogP contribution in [-0.2, 0) is 32.7 Å². The molecule has 10 nitrogen and oxygen atoms in total. The molecule has 3 atom stereocenters. The van der Waals surface area contributed by atoms with Crippen LogP contribution in [0, 0.1) is 0 Å². The molecule has 0 aromatic carbocycles. The van der Waals surface area contributed by atoms with Gasteiger partial charge in [0.25, 0.3) is 0 Å². The van der Waals surface area contributed by atoms with Gasteiger partial charge in [-0.15, -0.1) is 0 Å². The molecule has 0 aliphatic carbocycles. The highest BCUT2D eigenvalue weighted by atomic mass is 31.2. The van der Waals surface area contributed by atoms with Gasteiger partial charge in [0.1, 0.15) is 12.1 Å². The standard InChI is InChI=1S/C47H84NO9P/c1-3-5-7-9-11-13-15-17-19-21-22-23-25-27-29-31-33-35-37-39-46(49)57-44(42-55-58(52,53)56-43-45(48)47(50)51)41-54-40-38-36-34-32-30-28-26-24-20-18-16-14-12-10-8-6-4-2/h5,7,11,13,17,19,22-23,27,29,44-45H,3-4,6,8-10,12,14-16,18,20-21,24-26,28,30-43,48H2,1-2H3,(H,50,51)(H,52,53)/b7-5-,13-11-,19-17-,23-22-,29-27-. The smallest absolute Gasteiger partial charge is 0.472 e. The van der Waals surface area contributed by atoms with E-state index in [9.17, 15) is 19.0 Å². The van der Waals surface area contributed by atoms with E-state index in [2.05, 4.69) is 74.6 Å². The van der Waals surface area contributed by atoms with Gasteiger partial charge in [-0.2, -0.15) is 0 Å². The van der Waals surface area contributed by atoms with Crippen molar-refractivity contribution in [2.45, 2.75) is 199 Å². The van der Waals surface area contributed by atoms with E-state index in [4.69, 9.17) is 29.4 Å². The number of rotatable bonds is 43. The first kappa shape index (κ1) is 55.7. The lowest BCUT2D eigenvalue weighted by Gasteiger charge is -2.20. The van der Waals surface area contributed by atoms with Gasteiger partial charge in [-0.25, -0.2) is 4.57 Å². The summed E-state index contributed by atoms with van der Waals surface area (Å²) < 4.78 is 33.4. The number of carbonyl (C=O) groups is 2. The topological polar surface area (TPSA) is 155 Å². The summed E-state index contributed by atoms with van der Waals surface area (Å²) in [7, 11) is -4.63. The van der Waals surface area contributed by atoms with Crippen molar-refractivity contribution < 1.29 is 42.7 Å². The molecule has 0 saturated carbocycles. The van der Waals surface area contributed by atoms with Gasteiger partial charge >= 0.3 is 19.8 Å². The maximum absolute atomic E-state index is 12.6. The first-order valence-corrected chi connectivity index (χ1v) is 24.3. The number of phosphoric ester groups is 1. The molecule has 0 aromatic heterocycles. The first-order chi connectivity index (χ1) is 28.2. The van der Waals surface area contributed by atoms with Crippen molar-refractivity contribution in [1.82, 2.24) is 0 Å². The van der Waals surface area contributed by atoms with E-state index in [1.54, 1.807) is 0 Å². The van der Waals surface area contributed by atoms with Crippen LogP contribution in [0.25, 0.3) is 0 Å². The minimum atomic E-state index is -4.63. The monoisotopic (exact) mass is 838 g/mol. The van der Waals surface area contributed by atoms with Crippen LogP contribution < -0.4 is 5.73 Å². The molecule has 3 unspecified atom stereocenters. The molecule has 0 rings (SSSR count). The Hall–Kier alpha value is -2.33. The Kier molecular flexibility index (Phi) is 41.1. The number of hydrogen-bond donors (Lipinski definition) is 3. The quantitative estimate of drug-likeness (QED) is 0.0234. The zero-order valence-corrected chi connectivity index (χ0v) is 37.5. The fourth-order valence-electron chi connectivity index (χ4n) is 6.04. The second-order valence-electron chi connectivity index (χ2n) is 15.2. The lowest BCUT2D eigenvalue weighted by Crippen LogP contribution is -2.34. The van der Waals surface area contributed by atoms with Crippen LogP contribution in [0.15, 0.2) is 60.8 Å². The third kappa shape index (κ3) is 41.8. The predicted octanol–water partition coefficient (Wildman–Crippen LogP) is 12.8. The molecular formula is C47H84NO9P. The highest BCUT2D eigenvalue weighted by Crippen LogP contribution is 2.43. The number of unbranched alkanes of at least 4 members (excludes halogenated alkanes) is 19. The largest absolute Gasteiger partial charge is 0.480 e. The number of ether oxygens (including phenoxy) is 2. The van der Waals surface area contributed by atoms with Crippen LogP contribution >= 0.6 is 7.82 Å². The summed E-state index contributed by atoms with van der Waals surface area (Å²) in [6.07, 6.45) is 51.3. The molecule has 4 N–H and O–H groups in total. The number of carboxylic acids is 1. The van der Waals surface area contributed by atoms with Crippen molar-refractivity contribution in [1.29, 1.82) is 0 Å². The molecule has 0 aromatic rings. The number of nitrogens with two attached hydrogens (primary N) is 1. The van der Waals surface area contributed by atoms with Crippen molar-refractivity contribution in [3.8, 4) is 0 Å². The molecule has 0 radical (unpaired) electrons. The van der Waals surface area contributed by atoms with Crippen LogP contribution in [-0.4, -0.2) is 60.5 Å². The van der Waals surface area contributed by atoms with E-state index < -0.39 is 45.1 Å². The summed E-state index contributed by atoms with van der Waals surface area (Å²) in [5.74, 6) is -1.81. The second kappa shape index (κ2) is 42.8. The van der Waals surface area contributed by atoms with Crippen molar-refractivity contribution in [3.05, 3.63) is 60.8 Å². The van der Waals surface area contributed by atoms with Crippen LogP contribution in [0.2, 0.25) is 0 Å². The average molecular weight is 838 g/mol. The average Bonchev–Trinajstić information content (AvgIpc) is 3.20. The van der Waals surface area contributed by atoms with Crippen molar-refractivity contribution in [2.24, 2.45) is 5.73 Å². The third-order valence-electron chi connectivity index (χ3n) is 9.56. The highest BCUT2D eigenvalue weighted by Gasteiger charge is 2.27. The lowest BCUT2D eigenvalue weighted by atomic mass is 10.0. The van der Waals surface area contributed by atoms with Gasteiger partial charge in [0.05, 0.1) is 19.8 Å². The van der Waals surface area contributed by atoms with Gasteiger partial charge in [-0.05, 0) is 57.8 Å². The predicted molar refractivity (Wildman–Crippen MR) is 240 cm³/mol. The number of carbonyl (C=O) groups excluding carboxylic acids is 1. The summed E-state index contributed by atoms with van der Waals surface area (Å²) in [6.45, 7) is 3.74. The van der Waals surface area contributed by atoms with E-state index in [0.717, 1.165) is 70.6 Å². The Labute approximate surface area is 353 Å². The zero-order valence-electron chi connectivity index (χ0n) is 36.6. The van der Waals surface area contributed by atoms with Crippen LogP contribution in [0.3, 0.4) is 0 Å². The summed E-state index contributed by atoms with van der Waals surface area (Å²) in [5.41, 5.74) is 5.36. The number of esters is 1. The van der Waals surface area contributed by atoms with Crippen molar-refractivity contribution in [2.75, 3.05) is 26.4 Å². The molecular weight excluding hydrogens is 753 g/mol. The summed E-state index contributed by atoms with van der Waals surface area (Å²) in [6, 6.07) is -1.48. The number of phosphoric acid groups is 1. The second-order valence-corrected chi connectivity index (χ2v) is 16.6. The Balaban J connectivity index is 4.28. The van der Waals surface area contributed by atoms with E-state index in [0.29, 0.717) is 13.0 Å². The molecule has 58 heavy (non-hydrogen) atoms. The summed E-state index contributed by atoms with van der Waals surface area (Å²) in [5, 5.41) is 8.90. The van der Waals surface area contributed by atoms with Crippen LogP contribution in [0.1, 0.15) is 187 Å². The van der Waals surface area contributed by atoms with E-state index in [1.807, 2.05) is 0 Å².